The van der Waals surface area contributed by atoms with E-state index in [0.717, 1.165) is 9.35 Å². The lowest BCUT2D eigenvalue weighted by Gasteiger charge is -2.33. The smallest absolute Gasteiger partial charge is 0.305 e. The molecule has 0 bridgehead atoms. The lowest BCUT2D eigenvalue weighted by molar-refractivity contribution is -0.139. The molecule has 0 saturated heterocycles. The maximum absolute atomic E-state index is 12.0. The van der Waals surface area contributed by atoms with Crippen molar-refractivity contribution < 1.29 is 14.7 Å². The van der Waals surface area contributed by atoms with E-state index < -0.39 is 11.5 Å². The average molecular weight is 362 g/mol. The summed E-state index contributed by atoms with van der Waals surface area (Å²) in [4.78, 5) is 24.1. The molecule has 1 atom stereocenters. The number of thiophene rings is 1. The number of aryl methyl sites for hydroxylation is 1. The maximum atomic E-state index is 12.0. The highest BCUT2D eigenvalue weighted by molar-refractivity contribution is 9.10. The van der Waals surface area contributed by atoms with Gasteiger partial charge in [0.2, 0.25) is 5.91 Å². The van der Waals surface area contributed by atoms with Crippen molar-refractivity contribution in [1.82, 2.24) is 5.32 Å². The summed E-state index contributed by atoms with van der Waals surface area (Å²) in [7, 11) is 0. The maximum Gasteiger partial charge on any atom is 0.305 e. The number of halogens is 1. The Kier molecular flexibility index (Phi) is 6.20. The second-order valence-electron chi connectivity index (χ2n) is 5.42. The Morgan fingerprint density at radius 3 is 2.60 bits per heavy atom. The van der Waals surface area contributed by atoms with Crippen molar-refractivity contribution in [2.45, 2.75) is 45.6 Å². The molecule has 0 aromatic carbocycles. The second-order valence-corrected chi connectivity index (χ2v) is 7.33. The molecular formula is C14H20BrNO3S. The Hall–Kier alpha value is -0.880. The summed E-state index contributed by atoms with van der Waals surface area (Å²) >= 11 is 4.98. The van der Waals surface area contributed by atoms with Crippen LogP contribution in [-0.2, 0) is 16.0 Å². The van der Waals surface area contributed by atoms with Gasteiger partial charge in [0.1, 0.15) is 0 Å². The minimum Gasteiger partial charge on any atom is -0.481 e. The van der Waals surface area contributed by atoms with Crippen LogP contribution in [0.25, 0.3) is 0 Å². The molecule has 112 valence electrons. The van der Waals surface area contributed by atoms with Crippen molar-refractivity contribution in [3.8, 4) is 0 Å². The number of hydrogen-bond acceptors (Lipinski definition) is 3. The van der Waals surface area contributed by atoms with Crippen LogP contribution >= 0.6 is 27.3 Å². The zero-order valence-corrected chi connectivity index (χ0v) is 14.3. The standard InChI is InChI=1S/C14H20BrNO3S/c1-9(2)14(3,7-13(18)19)16-12(17)5-4-11-6-10(15)8-20-11/h6,8-9H,4-5,7H2,1-3H3,(H,16,17)(H,18,19). The van der Waals surface area contributed by atoms with Crippen LogP contribution in [0.3, 0.4) is 0 Å². The fraction of sp³-hybridized carbons (Fsp3) is 0.571. The average Bonchev–Trinajstić information content (AvgIpc) is 2.71. The zero-order chi connectivity index (χ0) is 15.3. The van der Waals surface area contributed by atoms with Gasteiger partial charge in [-0.05, 0) is 41.3 Å². The highest BCUT2D eigenvalue weighted by atomic mass is 79.9. The molecule has 4 nitrogen and oxygen atoms in total. The number of carbonyl (C=O) groups excluding carboxylic acids is 1. The van der Waals surface area contributed by atoms with Gasteiger partial charge in [-0.3, -0.25) is 9.59 Å². The van der Waals surface area contributed by atoms with Gasteiger partial charge in [0.15, 0.2) is 0 Å². The Labute approximate surface area is 131 Å². The topological polar surface area (TPSA) is 66.4 Å². The molecule has 1 heterocycles. The second kappa shape index (κ2) is 7.22. The number of rotatable bonds is 7. The molecule has 0 aliphatic heterocycles. The van der Waals surface area contributed by atoms with Gasteiger partial charge in [-0.25, -0.2) is 0 Å². The molecule has 1 aromatic rings. The molecule has 0 aliphatic carbocycles. The van der Waals surface area contributed by atoms with E-state index in [4.69, 9.17) is 5.11 Å². The van der Waals surface area contributed by atoms with E-state index in [1.54, 1.807) is 18.3 Å². The van der Waals surface area contributed by atoms with Gasteiger partial charge < -0.3 is 10.4 Å². The molecule has 6 heteroatoms. The Morgan fingerprint density at radius 2 is 2.15 bits per heavy atom. The first kappa shape index (κ1) is 17.2. The molecule has 1 aromatic heterocycles. The molecule has 20 heavy (non-hydrogen) atoms. The lowest BCUT2D eigenvalue weighted by atomic mass is 9.85. The predicted molar refractivity (Wildman–Crippen MR) is 84.0 cm³/mol. The van der Waals surface area contributed by atoms with E-state index in [1.165, 1.54) is 0 Å². The van der Waals surface area contributed by atoms with E-state index in [0.29, 0.717) is 12.8 Å². The third kappa shape index (κ3) is 5.25. The van der Waals surface area contributed by atoms with Gasteiger partial charge in [-0.2, -0.15) is 0 Å². The third-order valence-electron chi connectivity index (χ3n) is 3.44. The highest BCUT2D eigenvalue weighted by Crippen LogP contribution is 2.23. The highest BCUT2D eigenvalue weighted by Gasteiger charge is 2.32. The van der Waals surface area contributed by atoms with Crippen LogP contribution in [0.1, 0.15) is 38.5 Å². The predicted octanol–water partition coefficient (Wildman–Crippen LogP) is 3.45. The molecule has 0 spiro atoms. The minimum atomic E-state index is -0.899. The van der Waals surface area contributed by atoms with Gasteiger partial charge in [-0.1, -0.05) is 13.8 Å². The summed E-state index contributed by atoms with van der Waals surface area (Å²) in [6.07, 6.45) is 0.971. The van der Waals surface area contributed by atoms with E-state index in [9.17, 15) is 9.59 Å². The fourth-order valence-corrected chi connectivity index (χ4v) is 3.26. The molecule has 0 aliphatic rings. The summed E-state index contributed by atoms with van der Waals surface area (Å²) < 4.78 is 1.02. The molecule has 1 rings (SSSR count). The van der Waals surface area contributed by atoms with Crippen LogP contribution in [-0.4, -0.2) is 22.5 Å². The van der Waals surface area contributed by atoms with E-state index in [1.807, 2.05) is 25.3 Å². The summed E-state index contributed by atoms with van der Waals surface area (Å²) in [5.41, 5.74) is -0.709. The molecule has 1 unspecified atom stereocenters. The number of amides is 1. The third-order valence-corrected chi connectivity index (χ3v) is 5.20. The van der Waals surface area contributed by atoms with Crippen molar-refractivity contribution >= 4 is 39.1 Å². The lowest BCUT2D eigenvalue weighted by Crippen LogP contribution is -2.51. The fourth-order valence-electron chi connectivity index (χ4n) is 1.81. The Morgan fingerprint density at radius 1 is 1.50 bits per heavy atom. The Bertz CT molecular complexity index is 487. The summed E-state index contributed by atoms with van der Waals surface area (Å²) in [5.74, 6) is -0.950. The van der Waals surface area contributed by atoms with Gasteiger partial charge in [-0.15, -0.1) is 11.3 Å². The number of carboxylic acids is 1. The summed E-state index contributed by atoms with van der Waals surface area (Å²) in [6, 6.07) is 2.00. The minimum absolute atomic E-state index is 0.0541. The number of nitrogens with one attached hydrogen (secondary N) is 1. The van der Waals surface area contributed by atoms with Crippen LogP contribution in [0, 0.1) is 5.92 Å². The van der Waals surface area contributed by atoms with E-state index >= 15 is 0 Å². The molecule has 1 amide bonds. The van der Waals surface area contributed by atoms with Gasteiger partial charge in [0.05, 0.1) is 6.42 Å². The molecular weight excluding hydrogens is 342 g/mol. The van der Waals surface area contributed by atoms with Crippen molar-refractivity contribution in [3.63, 3.8) is 0 Å². The number of carboxylic acid groups (broad SMARTS) is 1. The first-order valence-electron chi connectivity index (χ1n) is 6.48. The van der Waals surface area contributed by atoms with Crippen molar-refractivity contribution in [1.29, 1.82) is 0 Å². The normalized spacial score (nSPS) is 14.1. The monoisotopic (exact) mass is 361 g/mol. The first-order chi connectivity index (χ1) is 9.23. The van der Waals surface area contributed by atoms with Crippen LogP contribution in [0.5, 0.6) is 0 Å². The molecule has 0 fully saturated rings. The summed E-state index contributed by atoms with van der Waals surface area (Å²) in [5, 5.41) is 13.8. The van der Waals surface area contributed by atoms with Gasteiger partial charge in [0.25, 0.3) is 0 Å². The Balaban J connectivity index is 2.56. The quantitative estimate of drug-likeness (QED) is 0.781. The molecule has 0 radical (unpaired) electrons. The SMILES string of the molecule is CC(C)C(C)(CC(=O)O)NC(=O)CCc1cc(Br)cs1. The van der Waals surface area contributed by atoms with Crippen LogP contribution in [0.2, 0.25) is 0 Å². The number of hydrogen-bond donors (Lipinski definition) is 2. The van der Waals surface area contributed by atoms with Crippen LogP contribution in [0.15, 0.2) is 15.9 Å². The van der Waals surface area contributed by atoms with Gasteiger partial charge >= 0.3 is 5.97 Å². The number of carbonyl (C=O) groups is 2. The van der Waals surface area contributed by atoms with Crippen molar-refractivity contribution in [2.24, 2.45) is 5.92 Å². The van der Waals surface area contributed by atoms with Crippen molar-refractivity contribution in [2.75, 3.05) is 0 Å². The largest absolute Gasteiger partial charge is 0.481 e. The molecule has 0 saturated carbocycles. The van der Waals surface area contributed by atoms with Gasteiger partial charge in [0, 0.05) is 26.7 Å². The van der Waals surface area contributed by atoms with E-state index in [2.05, 4.69) is 21.2 Å². The summed E-state index contributed by atoms with van der Waals surface area (Å²) in [6.45, 7) is 5.62. The first-order valence-corrected chi connectivity index (χ1v) is 8.16. The molecule has 2 N–H and O–H groups in total. The van der Waals surface area contributed by atoms with Crippen LogP contribution < -0.4 is 5.32 Å². The van der Waals surface area contributed by atoms with Crippen molar-refractivity contribution in [3.05, 3.63) is 20.8 Å². The van der Waals surface area contributed by atoms with Crippen LogP contribution in [0.4, 0.5) is 0 Å². The zero-order valence-electron chi connectivity index (χ0n) is 11.9. The van der Waals surface area contributed by atoms with E-state index in [-0.39, 0.29) is 18.2 Å². The number of aliphatic carboxylic acids is 1.